The number of hydrogen-bond acceptors (Lipinski definition) is 1. The molecule has 1 unspecified atom stereocenters. The van der Waals surface area contributed by atoms with E-state index in [1.54, 1.807) is 0 Å². The molecule has 0 amide bonds. The smallest absolute Gasteiger partial charge is 0.257 e. The Morgan fingerprint density at radius 3 is 2.56 bits per heavy atom. The molecule has 1 nitrogen and oxygen atoms in total. The van der Waals surface area contributed by atoms with Crippen LogP contribution in [-0.4, -0.2) is 13.0 Å². The molecule has 1 N–H and O–H groups in total. The predicted molar refractivity (Wildman–Crippen MR) is 60.8 cm³/mol. The largest absolute Gasteiger partial charge is 0.305 e. The van der Waals surface area contributed by atoms with Crippen LogP contribution >= 0.6 is 0 Å². The lowest BCUT2D eigenvalue weighted by Gasteiger charge is -2.20. The summed E-state index contributed by atoms with van der Waals surface area (Å²) in [6, 6.07) is 6.77. The third-order valence-corrected chi connectivity index (χ3v) is 3.02. The molecule has 1 aliphatic rings. The Hall–Kier alpha value is -0.960. The van der Waals surface area contributed by atoms with Crippen molar-refractivity contribution in [3.63, 3.8) is 0 Å². The van der Waals surface area contributed by atoms with Crippen molar-refractivity contribution in [2.75, 3.05) is 6.54 Å². The van der Waals surface area contributed by atoms with Crippen LogP contribution in [0.3, 0.4) is 0 Å². The van der Waals surface area contributed by atoms with Crippen LogP contribution in [0.25, 0.3) is 0 Å². The predicted octanol–water partition coefficient (Wildman–Crippen LogP) is 3.48. The minimum absolute atomic E-state index is 0.510. The van der Waals surface area contributed by atoms with E-state index in [0.717, 1.165) is 24.0 Å². The molecule has 0 aliphatic heterocycles. The molecular formula is C13H17F2N. The highest BCUT2D eigenvalue weighted by atomic mass is 19.3. The van der Waals surface area contributed by atoms with Crippen LogP contribution in [0.2, 0.25) is 0 Å². The lowest BCUT2D eigenvalue weighted by atomic mass is 9.97. The van der Waals surface area contributed by atoms with Gasteiger partial charge in [-0.05, 0) is 36.4 Å². The minimum atomic E-state index is -2.35. The fourth-order valence-corrected chi connectivity index (χ4v) is 2.11. The first-order valence-electron chi connectivity index (χ1n) is 5.84. The van der Waals surface area contributed by atoms with Gasteiger partial charge < -0.3 is 5.32 Å². The van der Waals surface area contributed by atoms with E-state index in [2.05, 4.69) is 5.32 Å². The third kappa shape index (κ3) is 2.40. The molecule has 0 bridgehead atoms. The van der Waals surface area contributed by atoms with Gasteiger partial charge in [-0.2, -0.15) is 0 Å². The Morgan fingerprint density at radius 1 is 1.31 bits per heavy atom. The Bertz CT molecular complexity index is 348. The van der Waals surface area contributed by atoms with E-state index in [4.69, 9.17) is 0 Å². The van der Waals surface area contributed by atoms with Crippen molar-refractivity contribution < 1.29 is 8.78 Å². The molecule has 0 spiro atoms. The Kier molecular flexibility index (Phi) is 3.54. The summed E-state index contributed by atoms with van der Waals surface area (Å²) in [6.45, 7) is 2.42. The van der Waals surface area contributed by atoms with Crippen molar-refractivity contribution in [2.45, 2.75) is 38.2 Å². The van der Waals surface area contributed by atoms with Gasteiger partial charge >= 0.3 is 0 Å². The molecule has 1 aromatic carbocycles. The number of benzene rings is 1. The minimum Gasteiger partial charge on any atom is -0.305 e. The second kappa shape index (κ2) is 4.91. The molecular weight excluding hydrogens is 208 g/mol. The molecule has 0 heterocycles. The van der Waals surface area contributed by atoms with Gasteiger partial charge in [-0.3, -0.25) is 0 Å². The third-order valence-electron chi connectivity index (χ3n) is 3.02. The van der Waals surface area contributed by atoms with E-state index in [-0.39, 0.29) is 0 Å². The van der Waals surface area contributed by atoms with Gasteiger partial charge in [0.25, 0.3) is 6.43 Å². The van der Waals surface area contributed by atoms with Crippen LogP contribution in [0.15, 0.2) is 24.3 Å². The molecule has 1 aromatic rings. The molecule has 1 aliphatic carbocycles. The van der Waals surface area contributed by atoms with E-state index >= 15 is 0 Å². The van der Waals surface area contributed by atoms with Crippen molar-refractivity contribution in [2.24, 2.45) is 0 Å². The first-order valence-corrected chi connectivity index (χ1v) is 5.84. The van der Waals surface area contributed by atoms with Crippen molar-refractivity contribution in [1.29, 1.82) is 0 Å². The number of alkyl halides is 2. The van der Waals surface area contributed by atoms with E-state index < -0.39 is 12.5 Å². The summed E-state index contributed by atoms with van der Waals surface area (Å²) < 4.78 is 25.9. The van der Waals surface area contributed by atoms with Gasteiger partial charge in [0.05, 0.1) is 6.04 Å². The van der Waals surface area contributed by atoms with E-state index in [0.29, 0.717) is 12.5 Å². The summed E-state index contributed by atoms with van der Waals surface area (Å²) in [5.74, 6) is 0.510. The topological polar surface area (TPSA) is 12.0 Å². The highest BCUT2D eigenvalue weighted by molar-refractivity contribution is 5.35. The van der Waals surface area contributed by atoms with Gasteiger partial charge in [-0.1, -0.05) is 31.2 Å². The van der Waals surface area contributed by atoms with Crippen LogP contribution in [-0.2, 0) is 0 Å². The number of halogens is 2. The van der Waals surface area contributed by atoms with Gasteiger partial charge in [0, 0.05) is 0 Å². The van der Waals surface area contributed by atoms with E-state index in [9.17, 15) is 8.78 Å². The molecule has 88 valence electrons. The second-order valence-corrected chi connectivity index (χ2v) is 4.27. The number of hydrogen-bond donors (Lipinski definition) is 1. The van der Waals surface area contributed by atoms with Gasteiger partial charge in [0.2, 0.25) is 0 Å². The highest BCUT2D eigenvalue weighted by Crippen LogP contribution is 2.43. The fraction of sp³-hybridized carbons (Fsp3) is 0.538. The fourth-order valence-electron chi connectivity index (χ4n) is 2.11. The summed E-state index contributed by atoms with van der Waals surface area (Å²) in [6.07, 6.45) is -0.0714. The van der Waals surface area contributed by atoms with Crippen molar-refractivity contribution in [1.82, 2.24) is 5.32 Å². The molecule has 3 heteroatoms. The van der Waals surface area contributed by atoms with Crippen LogP contribution in [0.1, 0.15) is 42.9 Å². The Morgan fingerprint density at radius 2 is 2.00 bits per heavy atom. The summed E-state index contributed by atoms with van der Waals surface area (Å²) in [4.78, 5) is 0. The molecule has 1 fully saturated rings. The second-order valence-electron chi connectivity index (χ2n) is 4.27. The molecule has 1 atom stereocenters. The van der Waals surface area contributed by atoms with Gasteiger partial charge in [-0.15, -0.1) is 0 Å². The molecule has 16 heavy (non-hydrogen) atoms. The van der Waals surface area contributed by atoms with Crippen molar-refractivity contribution in [3.05, 3.63) is 35.4 Å². The first kappa shape index (κ1) is 11.5. The Labute approximate surface area is 94.9 Å². The zero-order chi connectivity index (χ0) is 11.5. The Balaban J connectivity index is 2.28. The average molecular weight is 225 g/mol. The molecule has 0 aromatic heterocycles. The maximum atomic E-state index is 13.0. The molecule has 1 saturated carbocycles. The zero-order valence-corrected chi connectivity index (χ0v) is 9.42. The quantitative estimate of drug-likeness (QED) is 0.809. The van der Waals surface area contributed by atoms with Crippen molar-refractivity contribution >= 4 is 0 Å². The lowest BCUT2D eigenvalue weighted by molar-refractivity contribution is 0.0989. The number of nitrogens with one attached hydrogen (secondary N) is 1. The summed E-state index contributed by atoms with van der Waals surface area (Å²) >= 11 is 0. The zero-order valence-electron chi connectivity index (χ0n) is 9.42. The van der Waals surface area contributed by atoms with Crippen LogP contribution in [0, 0.1) is 0 Å². The summed E-state index contributed by atoms with van der Waals surface area (Å²) in [5.41, 5.74) is 1.88. The lowest BCUT2D eigenvalue weighted by Crippen LogP contribution is -2.28. The molecule has 0 radical (unpaired) electrons. The van der Waals surface area contributed by atoms with Crippen LogP contribution < -0.4 is 5.32 Å². The summed E-state index contributed by atoms with van der Waals surface area (Å²) in [7, 11) is 0. The van der Waals surface area contributed by atoms with Gasteiger partial charge in [0.15, 0.2) is 0 Å². The van der Waals surface area contributed by atoms with Crippen molar-refractivity contribution in [3.8, 4) is 0 Å². The maximum absolute atomic E-state index is 13.0. The van der Waals surface area contributed by atoms with Gasteiger partial charge in [-0.25, -0.2) is 8.78 Å². The SMILES string of the molecule is CCNC(c1ccccc1C1CC1)C(F)F. The molecule has 2 rings (SSSR count). The highest BCUT2D eigenvalue weighted by Gasteiger charge is 2.30. The maximum Gasteiger partial charge on any atom is 0.257 e. The average Bonchev–Trinajstić information content (AvgIpc) is 3.09. The van der Waals surface area contributed by atoms with Gasteiger partial charge in [0.1, 0.15) is 0 Å². The number of rotatable bonds is 5. The van der Waals surface area contributed by atoms with Crippen LogP contribution in [0.5, 0.6) is 0 Å². The normalized spacial score (nSPS) is 17.8. The molecule has 0 saturated heterocycles. The first-order chi connectivity index (χ1) is 7.74. The standard InChI is InChI=1S/C13H17F2N/c1-2-16-12(13(14)15)11-6-4-3-5-10(11)9-7-8-9/h3-6,9,12-13,16H,2,7-8H2,1H3. The summed E-state index contributed by atoms with van der Waals surface area (Å²) in [5, 5.41) is 2.87. The van der Waals surface area contributed by atoms with Crippen LogP contribution in [0.4, 0.5) is 8.78 Å². The van der Waals surface area contributed by atoms with E-state index in [1.807, 2.05) is 31.2 Å². The van der Waals surface area contributed by atoms with E-state index in [1.165, 1.54) is 0 Å². The monoisotopic (exact) mass is 225 g/mol.